The lowest BCUT2D eigenvalue weighted by Crippen LogP contribution is -2.25. The summed E-state index contributed by atoms with van der Waals surface area (Å²) >= 11 is 5.70. The molecule has 0 radical (unpaired) electrons. The highest BCUT2D eigenvalue weighted by molar-refractivity contribution is 6.33. The third kappa shape index (κ3) is 3.56. The Bertz CT molecular complexity index is 412. The van der Waals surface area contributed by atoms with Crippen molar-refractivity contribution >= 4 is 35.5 Å². The van der Waals surface area contributed by atoms with Gasteiger partial charge in [-0.3, -0.25) is 4.79 Å². The summed E-state index contributed by atoms with van der Waals surface area (Å²) < 4.78 is 13.2. The van der Waals surface area contributed by atoms with Crippen molar-refractivity contribution in [3.05, 3.63) is 28.5 Å². The summed E-state index contributed by atoms with van der Waals surface area (Å²) in [6.45, 7) is 0.213. The molecule has 0 atom stereocenters. The van der Waals surface area contributed by atoms with E-state index < -0.39 is 5.82 Å². The van der Waals surface area contributed by atoms with Crippen LogP contribution in [-0.2, 0) is 0 Å². The predicted molar refractivity (Wildman–Crippen MR) is 68.4 cm³/mol. The van der Waals surface area contributed by atoms with Crippen LogP contribution < -0.4 is 11.1 Å². The molecule has 1 saturated carbocycles. The number of carbonyl (C=O) groups is 1. The van der Waals surface area contributed by atoms with Gasteiger partial charge in [0.25, 0.3) is 0 Å². The highest BCUT2D eigenvalue weighted by atomic mass is 35.5. The molecular formula is C11H13Cl2FN2O. The fourth-order valence-corrected chi connectivity index (χ4v) is 1.58. The maximum Gasteiger partial charge on any atom is 0.176 e. The van der Waals surface area contributed by atoms with Gasteiger partial charge >= 0.3 is 0 Å². The Hall–Kier alpha value is -0.840. The van der Waals surface area contributed by atoms with E-state index in [1.165, 1.54) is 6.07 Å². The van der Waals surface area contributed by atoms with Crippen LogP contribution in [0.4, 0.5) is 10.1 Å². The summed E-state index contributed by atoms with van der Waals surface area (Å²) in [4.78, 5) is 11.7. The lowest BCUT2D eigenvalue weighted by molar-refractivity contribution is 0.0990. The van der Waals surface area contributed by atoms with Crippen molar-refractivity contribution < 1.29 is 9.18 Å². The zero-order valence-electron chi connectivity index (χ0n) is 9.00. The van der Waals surface area contributed by atoms with E-state index in [-0.39, 0.29) is 41.0 Å². The number of Topliss-reactive ketones (excluding diaryl/α,β-unsaturated/α-hetero) is 1. The maximum absolute atomic E-state index is 13.2. The number of nitrogen functional groups attached to an aromatic ring is 1. The quantitative estimate of drug-likeness (QED) is 0.657. The maximum atomic E-state index is 13.2. The molecule has 0 unspecified atom stereocenters. The number of carbonyl (C=O) groups excluding carboxylic acids is 1. The average molecular weight is 279 g/mol. The number of halogens is 3. The van der Waals surface area contributed by atoms with Gasteiger partial charge in [-0.15, -0.1) is 12.4 Å². The largest absolute Gasteiger partial charge is 0.395 e. The van der Waals surface area contributed by atoms with Crippen molar-refractivity contribution in [2.45, 2.75) is 18.9 Å². The van der Waals surface area contributed by atoms with Crippen LogP contribution in [0, 0.1) is 5.82 Å². The molecule has 0 aromatic heterocycles. The number of hydrogen-bond donors (Lipinski definition) is 2. The van der Waals surface area contributed by atoms with Gasteiger partial charge in [0.15, 0.2) is 5.78 Å². The Balaban J connectivity index is 0.00000144. The Morgan fingerprint density at radius 2 is 2.18 bits per heavy atom. The molecular weight excluding hydrogens is 266 g/mol. The van der Waals surface area contributed by atoms with E-state index in [4.69, 9.17) is 17.3 Å². The first-order chi connectivity index (χ1) is 7.58. The van der Waals surface area contributed by atoms with Gasteiger partial charge < -0.3 is 11.1 Å². The van der Waals surface area contributed by atoms with Crippen molar-refractivity contribution in [2.24, 2.45) is 0 Å². The summed E-state index contributed by atoms with van der Waals surface area (Å²) in [5.74, 6) is -0.824. The molecule has 0 spiro atoms. The van der Waals surface area contributed by atoms with E-state index in [0.717, 1.165) is 18.9 Å². The molecule has 1 aliphatic carbocycles. The second-order valence-electron chi connectivity index (χ2n) is 3.93. The summed E-state index contributed by atoms with van der Waals surface area (Å²) in [6.07, 6.45) is 2.20. The lowest BCUT2D eigenvalue weighted by Gasteiger charge is -2.05. The molecule has 1 aromatic rings. The molecule has 0 heterocycles. The fraction of sp³-hybridized carbons (Fsp3) is 0.364. The van der Waals surface area contributed by atoms with Crippen LogP contribution in [0.1, 0.15) is 23.2 Å². The van der Waals surface area contributed by atoms with Crippen molar-refractivity contribution in [3.63, 3.8) is 0 Å². The van der Waals surface area contributed by atoms with Gasteiger partial charge in [0, 0.05) is 11.6 Å². The first-order valence-electron chi connectivity index (χ1n) is 5.09. The van der Waals surface area contributed by atoms with E-state index in [9.17, 15) is 9.18 Å². The molecule has 1 fully saturated rings. The van der Waals surface area contributed by atoms with E-state index in [2.05, 4.69) is 5.32 Å². The fourth-order valence-electron chi connectivity index (χ4n) is 1.37. The SMILES string of the molecule is Cl.Nc1c(F)cc(C(=O)CNC2CC2)cc1Cl. The number of nitrogens with one attached hydrogen (secondary N) is 1. The van der Waals surface area contributed by atoms with Gasteiger partial charge in [0.05, 0.1) is 17.3 Å². The monoisotopic (exact) mass is 278 g/mol. The van der Waals surface area contributed by atoms with Crippen molar-refractivity contribution in [1.82, 2.24) is 5.32 Å². The minimum absolute atomic E-state index is 0. The van der Waals surface area contributed by atoms with Crippen LogP contribution in [0.2, 0.25) is 5.02 Å². The summed E-state index contributed by atoms with van der Waals surface area (Å²) in [5, 5.41) is 3.14. The highest BCUT2D eigenvalue weighted by Crippen LogP contribution is 2.24. The first kappa shape index (κ1) is 14.2. The molecule has 3 nitrogen and oxygen atoms in total. The smallest absolute Gasteiger partial charge is 0.176 e. The molecule has 1 aliphatic rings. The molecule has 2 rings (SSSR count). The first-order valence-corrected chi connectivity index (χ1v) is 5.47. The molecule has 6 heteroatoms. The highest BCUT2D eigenvalue weighted by Gasteiger charge is 2.21. The van der Waals surface area contributed by atoms with Crippen molar-refractivity contribution in [1.29, 1.82) is 0 Å². The number of ketones is 1. The normalized spacial score (nSPS) is 14.2. The standard InChI is InChI=1S/C11H12ClFN2O.ClH/c12-8-3-6(4-9(13)11(8)14)10(16)5-15-7-1-2-7;/h3-4,7,15H,1-2,5,14H2;1H. The van der Waals surface area contributed by atoms with Crippen LogP contribution in [0.3, 0.4) is 0 Å². The van der Waals surface area contributed by atoms with Crippen LogP contribution in [0.15, 0.2) is 12.1 Å². The number of anilines is 1. The second kappa shape index (κ2) is 5.67. The Labute approximate surface area is 110 Å². The summed E-state index contributed by atoms with van der Waals surface area (Å²) in [6, 6.07) is 2.97. The predicted octanol–water partition coefficient (Wildman–Crippen LogP) is 2.42. The van der Waals surface area contributed by atoms with Gasteiger partial charge in [0.2, 0.25) is 0 Å². The number of rotatable bonds is 4. The van der Waals surface area contributed by atoms with E-state index >= 15 is 0 Å². The average Bonchev–Trinajstić information content (AvgIpc) is 3.05. The van der Waals surface area contributed by atoms with Crippen LogP contribution >= 0.6 is 24.0 Å². The van der Waals surface area contributed by atoms with Gasteiger partial charge in [0.1, 0.15) is 5.82 Å². The second-order valence-corrected chi connectivity index (χ2v) is 4.34. The van der Waals surface area contributed by atoms with Crippen LogP contribution in [0.5, 0.6) is 0 Å². The zero-order chi connectivity index (χ0) is 11.7. The van der Waals surface area contributed by atoms with Gasteiger partial charge in [-0.05, 0) is 25.0 Å². The number of hydrogen-bond acceptors (Lipinski definition) is 3. The van der Waals surface area contributed by atoms with Crippen LogP contribution in [0.25, 0.3) is 0 Å². The third-order valence-corrected chi connectivity index (χ3v) is 2.84. The van der Waals surface area contributed by atoms with Gasteiger partial charge in [-0.2, -0.15) is 0 Å². The Kier molecular flexibility index (Phi) is 4.74. The van der Waals surface area contributed by atoms with Gasteiger partial charge in [-0.1, -0.05) is 11.6 Å². The van der Waals surface area contributed by atoms with Crippen LogP contribution in [-0.4, -0.2) is 18.4 Å². The van der Waals surface area contributed by atoms with E-state index in [1.54, 1.807) is 0 Å². The molecule has 0 amide bonds. The Morgan fingerprint density at radius 1 is 1.53 bits per heavy atom. The minimum Gasteiger partial charge on any atom is -0.395 e. The molecule has 0 bridgehead atoms. The number of benzene rings is 1. The van der Waals surface area contributed by atoms with E-state index in [0.29, 0.717) is 6.04 Å². The lowest BCUT2D eigenvalue weighted by atomic mass is 10.1. The Morgan fingerprint density at radius 3 is 2.71 bits per heavy atom. The molecule has 0 aliphatic heterocycles. The molecule has 94 valence electrons. The van der Waals surface area contributed by atoms with Crippen molar-refractivity contribution in [3.8, 4) is 0 Å². The molecule has 3 N–H and O–H groups in total. The molecule has 0 saturated heterocycles. The van der Waals surface area contributed by atoms with Gasteiger partial charge in [-0.25, -0.2) is 4.39 Å². The van der Waals surface area contributed by atoms with Crippen molar-refractivity contribution in [2.75, 3.05) is 12.3 Å². The minimum atomic E-state index is -0.651. The summed E-state index contributed by atoms with van der Waals surface area (Å²) in [5.41, 5.74) is 5.49. The molecule has 17 heavy (non-hydrogen) atoms. The topological polar surface area (TPSA) is 55.1 Å². The van der Waals surface area contributed by atoms with E-state index in [1.807, 2.05) is 0 Å². The summed E-state index contributed by atoms with van der Waals surface area (Å²) in [7, 11) is 0. The third-order valence-electron chi connectivity index (χ3n) is 2.53. The number of nitrogens with two attached hydrogens (primary N) is 1. The molecule has 1 aromatic carbocycles. The zero-order valence-corrected chi connectivity index (χ0v) is 10.6.